The standard InChI is InChI=1S/C26H36N2O3S/c1-3-4-8-21-13-17-25(18-14-21)28(32(2,30)31)20-23-11-15-24(16-12-23)26(29)27-19-22-9-6-5-7-10-22/h11-18,22H,3-10,19-20H2,1-2H3,(H,27,29). The Balaban J connectivity index is 1.63. The van der Waals surface area contributed by atoms with E-state index in [1.807, 2.05) is 36.4 Å². The smallest absolute Gasteiger partial charge is 0.251 e. The molecule has 1 N–H and O–H groups in total. The number of sulfonamides is 1. The van der Waals surface area contributed by atoms with Crippen molar-refractivity contribution >= 4 is 21.6 Å². The predicted molar refractivity (Wildman–Crippen MR) is 131 cm³/mol. The average Bonchev–Trinajstić information content (AvgIpc) is 2.80. The van der Waals surface area contributed by atoms with Crippen LogP contribution < -0.4 is 9.62 Å². The number of rotatable bonds is 10. The first-order valence-corrected chi connectivity index (χ1v) is 13.7. The summed E-state index contributed by atoms with van der Waals surface area (Å²) in [5.74, 6) is 0.522. The van der Waals surface area contributed by atoms with Gasteiger partial charge in [0.05, 0.1) is 18.5 Å². The summed E-state index contributed by atoms with van der Waals surface area (Å²) in [6.07, 6.45) is 10.7. The van der Waals surface area contributed by atoms with Crippen molar-refractivity contribution in [3.8, 4) is 0 Å². The summed E-state index contributed by atoms with van der Waals surface area (Å²) in [4.78, 5) is 12.5. The highest BCUT2D eigenvalue weighted by atomic mass is 32.2. The number of carbonyl (C=O) groups is 1. The fourth-order valence-electron chi connectivity index (χ4n) is 4.27. The van der Waals surface area contributed by atoms with Crippen molar-refractivity contribution in [3.05, 3.63) is 65.2 Å². The van der Waals surface area contributed by atoms with Crippen molar-refractivity contribution in [3.63, 3.8) is 0 Å². The molecule has 5 nitrogen and oxygen atoms in total. The third-order valence-corrected chi connectivity index (χ3v) is 7.40. The molecule has 1 aliphatic carbocycles. The molecule has 0 aliphatic heterocycles. The van der Waals surface area contributed by atoms with Crippen LogP contribution in [0.2, 0.25) is 0 Å². The predicted octanol–water partition coefficient (Wildman–Crippen LogP) is 5.31. The number of nitrogens with zero attached hydrogens (tertiary/aromatic N) is 1. The topological polar surface area (TPSA) is 66.5 Å². The van der Waals surface area contributed by atoms with Crippen molar-refractivity contribution in [1.82, 2.24) is 5.32 Å². The van der Waals surface area contributed by atoms with Crippen LogP contribution in [-0.2, 0) is 23.0 Å². The van der Waals surface area contributed by atoms with E-state index in [2.05, 4.69) is 12.2 Å². The van der Waals surface area contributed by atoms with Crippen LogP contribution in [0, 0.1) is 5.92 Å². The SMILES string of the molecule is CCCCc1ccc(N(Cc2ccc(C(=O)NCC3CCCCC3)cc2)S(C)(=O)=O)cc1. The van der Waals surface area contributed by atoms with Crippen LogP contribution >= 0.6 is 0 Å². The summed E-state index contributed by atoms with van der Waals surface area (Å²) >= 11 is 0. The minimum absolute atomic E-state index is 0.0650. The molecule has 0 bridgehead atoms. The molecule has 6 heteroatoms. The number of amides is 1. The largest absolute Gasteiger partial charge is 0.352 e. The van der Waals surface area contributed by atoms with Crippen LogP contribution in [0.1, 0.15) is 73.4 Å². The normalized spacial score (nSPS) is 14.8. The van der Waals surface area contributed by atoms with E-state index < -0.39 is 10.0 Å². The molecule has 0 atom stereocenters. The van der Waals surface area contributed by atoms with E-state index in [1.54, 1.807) is 12.1 Å². The van der Waals surface area contributed by atoms with Gasteiger partial charge in [-0.05, 0) is 67.0 Å². The molecule has 3 rings (SSSR count). The maximum absolute atomic E-state index is 12.5. The Morgan fingerprint density at radius 3 is 2.19 bits per heavy atom. The lowest BCUT2D eigenvalue weighted by atomic mass is 9.89. The van der Waals surface area contributed by atoms with Crippen molar-refractivity contribution in [2.45, 2.75) is 64.8 Å². The first-order valence-electron chi connectivity index (χ1n) is 11.8. The molecule has 1 amide bonds. The number of anilines is 1. The number of carbonyl (C=O) groups excluding carboxylic acids is 1. The second-order valence-electron chi connectivity index (χ2n) is 8.95. The lowest BCUT2D eigenvalue weighted by molar-refractivity contribution is 0.0943. The molecular formula is C26H36N2O3S. The van der Waals surface area contributed by atoms with Gasteiger partial charge in [0.1, 0.15) is 0 Å². The van der Waals surface area contributed by atoms with Crippen LogP contribution in [0.5, 0.6) is 0 Å². The molecule has 174 valence electrons. The van der Waals surface area contributed by atoms with E-state index in [9.17, 15) is 13.2 Å². The minimum atomic E-state index is -3.44. The highest BCUT2D eigenvalue weighted by Crippen LogP contribution is 2.24. The van der Waals surface area contributed by atoms with Crippen LogP contribution in [0.15, 0.2) is 48.5 Å². The summed E-state index contributed by atoms with van der Waals surface area (Å²) < 4.78 is 26.3. The Kier molecular flexibility index (Phi) is 8.74. The molecule has 1 saturated carbocycles. The third-order valence-electron chi connectivity index (χ3n) is 6.26. The zero-order valence-electron chi connectivity index (χ0n) is 19.3. The van der Waals surface area contributed by atoms with Gasteiger partial charge in [0.25, 0.3) is 5.91 Å². The summed E-state index contributed by atoms with van der Waals surface area (Å²) in [6.45, 7) is 3.12. The Hall–Kier alpha value is -2.34. The second-order valence-corrected chi connectivity index (χ2v) is 10.9. The number of hydrogen-bond acceptors (Lipinski definition) is 3. The van der Waals surface area contributed by atoms with E-state index >= 15 is 0 Å². The van der Waals surface area contributed by atoms with E-state index in [4.69, 9.17) is 0 Å². The molecule has 0 unspecified atom stereocenters. The summed E-state index contributed by atoms with van der Waals surface area (Å²) in [6, 6.07) is 15.0. The van der Waals surface area contributed by atoms with Crippen molar-refractivity contribution in [2.24, 2.45) is 5.92 Å². The van der Waals surface area contributed by atoms with Gasteiger partial charge in [0.2, 0.25) is 10.0 Å². The molecule has 0 aromatic heterocycles. The molecule has 2 aromatic rings. The highest BCUT2D eigenvalue weighted by molar-refractivity contribution is 7.92. The average molecular weight is 457 g/mol. The Morgan fingerprint density at radius 1 is 0.969 bits per heavy atom. The van der Waals surface area contributed by atoms with Crippen molar-refractivity contribution in [1.29, 1.82) is 0 Å². The Morgan fingerprint density at radius 2 is 1.59 bits per heavy atom. The van der Waals surface area contributed by atoms with Crippen LogP contribution in [0.25, 0.3) is 0 Å². The van der Waals surface area contributed by atoms with Gasteiger partial charge in [-0.1, -0.05) is 56.9 Å². The van der Waals surface area contributed by atoms with Crippen molar-refractivity contribution < 1.29 is 13.2 Å². The van der Waals surface area contributed by atoms with Gasteiger partial charge in [0.15, 0.2) is 0 Å². The molecule has 0 saturated heterocycles. The first-order chi connectivity index (χ1) is 15.4. The van der Waals surface area contributed by atoms with E-state index in [-0.39, 0.29) is 12.5 Å². The van der Waals surface area contributed by atoms with Gasteiger partial charge in [-0.3, -0.25) is 9.10 Å². The maximum atomic E-state index is 12.5. The van der Waals surface area contributed by atoms with Crippen molar-refractivity contribution in [2.75, 3.05) is 17.1 Å². The van der Waals surface area contributed by atoms with E-state index in [0.717, 1.165) is 31.4 Å². The molecule has 0 heterocycles. The van der Waals surface area contributed by atoms with Gasteiger partial charge in [-0.15, -0.1) is 0 Å². The molecule has 1 fully saturated rings. The van der Waals surface area contributed by atoms with Gasteiger partial charge in [-0.2, -0.15) is 0 Å². The molecule has 0 spiro atoms. The van der Waals surface area contributed by atoms with E-state index in [1.165, 1.54) is 48.2 Å². The maximum Gasteiger partial charge on any atom is 0.251 e. The van der Waals surface area contributed by atoms with Gasteiger partial charge >= 0.3 is 0 Å². The summed E-state index contributed by atoms with van der Waals surface area (Å²) in [7, 11) is -3.44. The molecule has 2 aromatic carbocycles. The number of unbranched alkanes of at least 4 members (excludes halogenated alkanes) is 1. The summed E-state index contributed by atoms with van der Waals surface area (Å²) in [5, 5.41) is 3.05. The molecular weight excluding hydrogens is 420 g/mol. The fraction of sp³-hybridized carbons (Fsp3) is 0.500. The third kappa shape index (κ3) is 7.09. The molecule has 0 radical (unpaired) electrons. The Bertz CT molecular complexity index is 963. The van der Waals surface area contributed by atoms with Crippen LogP contribution in [-0.4, -0.2) is 27.1 Å². The fourth-order valence-corrected chi connectivity index (χ4v) is 5.16. The monoisotopic (exact) mass is 456 g/mol. The lowest BCUT2D eigenvalue weighted by Crippen LogP contribution is -2.30. The number of benzene rings is 2. The Labute approximate surface area is 193 Å². The van der Waals surface area contributed by atoms with Crippen LogP contribution in [0.3, 0.4) is 0 Å². The number of nitrogens with one attached hydrogen (secondary N) is 1. The second kappa shape index (κ2) is 11.5. The quantitative estimate of drug-likeness (QED) is 0.527. The summed E-state index contributed by atoms with van der Waals surface area (Å²) in [5.41, 5.74) is 3.32. The molecule has 32 heavy (non-hydrogen) atoms. The zero-order valence-corrected chi connectivity index (χ0v) is 20.2. The number of aryl methyl sites for hydroxylation is 1. The highest BCUT2D eigenvalue weighted by Gasteiger charge is 2.19. The first kappa shape index (κ1) is 24.3. The van der Waals surface area contributed by atoms with Crippen LogP contribution in [0.4, 0.5) is 5.69 Å². The number of hydrogen-bond donors (Lipinski definition) is 1. The molecule has 1 aliphatic rings. The van der Waals surface area contributed by atoms with Gasteiger partial charge in [-0.25, -0.2) is 8.42 Å². The minimum Gasteiger partial charge on any atom is -0.352 e. The van der Waals surface area contributed by atoms with Gasteiger partial charge in [0, 0.05) is 12.1 Å². The van der Waals surface area contributed by atoms with E-state index in [0.29, 0.717) is 17.2 Å². The zero-order chi connectivity index (χ0) is 23.0. The van der Waals surface area contributed by atoms with Gasteiger partial charge < -0.3 is 5.32 Å². The lowest BCUT2D eigenvalue weighted by Gasteiger charge is -2.23.